The maximum absolute atomic E-state index is 12.6. The third-order valence-corrected chi connectivity index (χ3v) is 4.78. The third-order valence-electron chi connectivity index (χ3n) is 4.78. The maximum Gasteiger partial charge on any atom is 0.412 e. The molecule has 2 aromatic rings. The number of hydroxylamine groups is 1. The van der Waals surface area contributed by atoms with Crippen LogP contribution in [0.25, 0.3) is 0 Å². The molecule has 4 N–H and O–H groups in total. The van der Waals surface area contributed by atoms with Crippen molar-refractivity contribution in [2.45, 2.75) is 20.0 Å². The van der Waals surface area contributed by atoms with Gasteiger partial charge in [-0.15, -0.1) is 0 Å². The molecule has 2 amide bonds. The molecule has 0 aliphatic rings. The molecule has 172 valence electrons. The molecule has 0 bridgehead atoms. The number of methoxy groups -OCH3 is 1. The fourth-order valence-corrected chi connectivity index (χ4v) is 2.92. The van der Waals surface area contributed by atoms with E-state index in [4.69, 9.17) is 24.5 Å². The predicted octanol–water partition coefficient (Wildman–Crippen LogP) is 3.44. The normalized spacial score (nSPS) is 13.0. The van der Waals surface area contributed by atoms with Gasteiger partial charge >= 0.3 is 6.09 Å². The topological polar surface area (TPSA) is 126 Å². The third kappa shape index (κ3) is 7.29. The van der Waals surface area contributed by atoms with Crippen LogP contribution in [0.1, 0.15) is 25.5 Å². The lowest BCUT2D eigenvalue weighted by atomic mass is 9.91. The Hall–Kier alpha value is -3.56. The summed E-state index contributed by atoms with van der Waals surface area (Å²) in [6, 6.07) is 13.7. The Balaban J connectivity index is 2.23. The summed E-state index contributed by atoms with van der Waals surface area (Å²) in [6.45, 7) is 3.57. The van der Waals surface area contributed by atoms with E-state index in [0.29, 0.717) is 28.3 Å². The second kappa shape index (κ2) is 12.3. The Kier molecular flexibility index (Phi) is 9.52. The van der Waals surface area contributed by atoms with E-state index in [1.807, 2.05) is 0 Å². The molecule has 0 radical (unpaired) electrons. The number of benzene rings is 2. The van der Waals surface area contributed by atoms with E-state index in [9.17, 15) is 9.59 Å². The number of rotatable bonds is 10. The van der Waals surface area contributed by atoms with Crippen molar-refractivity contribution in [2.24, 2.45) is 5.92 Å². The standard InChI is InChI=1S/C23H28N2O7/c1-15(14-21(27)25-29)16(2)22(17-4-8-20(9-5-17)31-13-12-26)32-23(28)24-18-6-10-19(30-3)11-7-18/h4-11,14,16,22,26,29H,12-13H2,1-3H3,(H,24,28)(H,25,27)/b15-14+/t16-,22-/m1/s1. The maximum atomic E-state index is 12.6. The number of carbonyl (C=O) groups excluding carboxylic acids is 2. The summed E-state index contributed by atoms with van der Waals surface area (Å²) >= 11 is 0. The molecule has 9 nitrogen and oxygen atoms in total. The Bertz CT molecular complexity index is 911. The monoisotopic (exact) mass is 444 g/mol. The Morgan fingerprint density at radius 1 is 1.06 bits per heavy atom. The first-order valence-electron chi connectivity index (χ1n) is 9.95. The molecule has 2 rings (SSSR count). The van der Waals surface area contributed by atoms with Gasteiger partial charge in [0.15, 0.2) is 0 Å². The minimum Gasteiger partial charge on any atom is -0.497 e. The van der Waals surface area contributed by atoms with Gasteiger partial charge in [-0.25, -0.2) is 10.3 Å². The summed E-state index contributed by atoms with van der Waals surface area (Å²) in [4.78, 5) is 24.2. The lowest BCUT2D eigenvalue weighted by Crippen LogP contribution is -2.23. The van der Waals surface area contributed by atoms with Crippen molar-refractivity contribution in [2.75, 3.05) is 25.6 Å². The highest BCUT2D eigenvalue weighted by Crippen LogP contribution is 2.32. The number of carbonyl (C=O) groups is 2. The lowest BCUT2D eigenvalue weighted by Gasteiger charge is -2.25. The number of aliphatic hydroxyl groups is 1. The number of amides is 2. The van der Waals surface area contributed by atoms with Gasteiger partial charge in [0.25, 0.3) is 5.91 Å². The average molecular weight is 444 g/mol. The van der Waals surface area contributed by atoms with Gasteiger partial charge in [0.05, 0.1) is 13.7 Å². The molecule has 0 spiro atoms. The molecule has 0 heterocycles. The average Bonchev–Trinajstić information content (AvgIpc) is 2.81. The Morgan fingerprint density at radius 2 is 1.69 bits per heavy atom. The number of anilines is 1. The van der Waals surface area contributed by atoms with E-state index < -0.39 is 24.0 Å². The van der Waals surface area contributed by atoms with E-state index in [1.165, 1.54) is 6.08 Å². The van der Waals surface area contributed by atoms with Gasteiger partial charge in [-0.05, 0) is 48.9 Å². The minimum absolute atomic E-state index is 0.104. The van der Waals surface area contributed by atoms with Crippen molar-refractivity contribution in [1.29, 1.82) is 0 Å². The highest BCUT2D eigenvalue weighted by molar-refractivity contribution is 5.87. The van der Waals surface area contributed by atoms with Gasteiger partial charge in [0.1, 0.15) is 24.2 Å². The fraction of sp³-hybridized carbons (Fsp3) is 0.304. The van der Waals surface area contributed by atoms with Crippen LogP contribution in [0.2, 0.25) is 0 Å². The molecule has 0 aliphatic heterocycles. The second-order valence-corrected chi connectivity index (χ2v) is 6.97. The highest BCUT2D eigenvalue weighted by Gasteiger charge is 2.25. The van der Waals surface area contributed by atoms with E-state index in [-0.39, 0.29) is 13.2 Å². The van der Waals surface area contributed by atoms with Crippen LogP contribution in [0.4, 0.5) is 10.5 Å². The van der Waals surface area contributed by atoms with Gasteiger partial charge in [-0.3, -0.25) is 15.3 Å². The number of aliphatic hydroxyl groups excluding tert-OH is 1. The van der Waals surface area contributed by atoms with Crippen molar-refractivity contribution in [3.05, 3.63) is 65.7 Å². The lowest BCUT2D eigenvalue weighted by molar-refractivity contribution is -0.124. The smallest absolute Gasteiger partial charge is 0.412 e. The summed E-state index contributed by atoms with van der Waals surface area (Å²) < 4.78 is 16.2. The van der Waals surface area contributed by atoms with Crippen LogP contribution in [-0.4, -0.2) is 42.6 Å². The summed E-state index contributed by atoms with van der Waals surface area (Å²) in [5.74, 6) is 0.146. The molecule has 0 saturated heterocycles. The number of ether oxygens (including phenoxy) is 3. The van der Waals surface area contributed by atoms with Crippen LogP contribution >= 0.6 is 0 Å². The first-order valence-corrected chi connectivity index (χ1v) is 9.95. The van der Waals surface area contributed by atoms with Crippen LogP contribution in [0.3, 0.4) is 0 Å². The van der Waals surface area contributed by atoms with E-state index in [0.717, 1.165) is 0 Å². The summed E-state index contributed by atoms with van der Waals surface area (Å²) in [5.41, 5.74) is 3.36. The van der Waals surface area contributed by atoms with Crippen molar-refractivity contribution >= 4 is 17.7 Å². The molecule has 2 atom stereocenters. The SMILES string of the molecule is COc1ccc(NC(=O)O[C@@H](c2ccc(OCCO)cc2)[C@H](C)/C(C)=C/C(=O)NO)cc1. The molecular weight excluding hydrogens is 416 g/mol. The fourth-order valence-electron chi connectivity index (χ4n) is 2.92. The summed E-state index contributed by atoms with van der Waals surface area (Å²) in [6.07, 6.45) is -0.170. The molecule has 9 heteroatoms. The van der Waals surface area contributed by atoms with Crippen molar-refractivity contribution in [1.82, 2.24) is 5.48 Å². The van der Waals surface area contributed by atoms with Gasteiger partial charge in [-0.1, -0.05) is 24.6 Å². The molecule has 2 aromatic carbocycles. The molecular formula is C23H28N2O7. The van der Waals surface area contributed by atoms with Crippen LogP contribution in [0.5, 0.6) is 11.5 Å². The number of hydrogen-bond donors (Lipinski definition) is 4. The molecule has 0 fully saturated rings. The first kappa shape index (κ1) is 24.7. The van der Waals surface area contributed by atoms with Gasteiger partial charge in [-0.2, -0.15) is 0 Å². The molecule has 0 unspecified atom stereocenters. The number of nitrogens with one attached hydrogen (secondary N) is 2. The van der Waals surface area contributed by atoms with Gasteiger partial charge in [0, 0.05) is 17.7 Å². The Morgan fingerprint density at radius 3 is 2.25 bits per heavy atom. The molecule has 0 saturated carbocycles. The van der Waals surface area contributed by atoms with Crippen LogP contribution in [0.15, 0.2) is 60.2 Å². The van der Waals surface area contributed by atoms with Crippen LogP contribution < -0.4 is 20.3 Å². The molecule has 0 aliphatic carbocycles. The summed E-state index contributed by atoms with van der Waals surface area (Å²) in [7, 11) is 1.55. The number of hydrogen-bond acceptors (Lipinski definition) is 7. The quantitative estimate of drug-likeness (QED) is 0.251. The van der Waals surface area contributed by atoms with E-state index in [2.05, 4.69) is 5.32 Å². The zero-order valence-electron chi connectivity index (χ0n) is 18.2. The van der Waals surface area contributed by atoms with Gasteiger partial charge < -0.3 is 19.3 Å². The van der Waals surface area contributed by atoms with Gasteiger partial charge in [0.2, 0.25) is 0 Å². The van der Waals surface area contributed by atoms with Crippen LogP contribution in [0, 0.1) is 5.92 Å². The van der Waals surface area contributed by atoms with E-state index >= 15 is 0 Å². The highest BCUT2D eigenvalue weighted by atomic mass is 16.6. The minimum atomic E-state index is -0.733. The zero-order chi connectivity index (χ0) is 23.5. The van der Waals surface area contributed by atoms with Crippen molar-refractivity contribution in [3.8, 4) is 11.5 Å². The summed E-state index contributed by atoms with van der Waals surface area (Å²) in [5, 5.41) is 20.4. The first-order chi connectivity index (χ1) is 15.4. The Labute approximate surface area is 186 Å². The van der Waals surface area contributed by atoms with Crippen molar-refractivity contribution in [3.63, 3.8) is 0 Å². The molecule has 32 heavy (non-hydrogen) atoms. The molecule has 0 aromatic heterocycles. The second-order valence-electron chi connectivity index (χ2n) is 6.97. The van der Waals surface area contributed by atoms with Crippen molar-refractivity contribution < 1.29 is 34.1 Å². The zero-order valence-corrected chi connectivity index (χ0v) is 18.2. The van der Waals surface area contributed by atoms with Crippen LogP contribution in [-0.2, 0) is 9.53 Å². The largest absolute Gasteiger partial charge is 0.497 e. The van der Waals surface area contributed by atoms with E-state index in [1.54, 1.807) is 75.0 Å². The predicted molar refractivity (Wildman–Crippen MR) is 118 cm³/mol.